The summed E-state index contributed by atoms with van der Waals surface area (Å²) >= 11 is 0. The smallest absolute Gasteiger partial charge is 0.163 e. The Balaban J connectivity index is 1.60. The molecule has 5 N–H and O–H groups in total. The molecule has 0 amide bonds. The summed E-state index contributed by atoms with van der Waals surface area (Å²) in [7, 11) is 0. The number of hydrogen-bond donors (Lipinski definition) is 5. The third-order valence-corrected chi connectivity index (χ3v) is 6.78. The molecule has 1 aliphatic rings. The van der Waals surface area contributed by atoms with E-state index in [1.54, 1.807) is 16.7 Å². The number of aliphatic hydroxyl groups is 4. The predicted molar refractivity (Wildman–Crippen MR) is 129 cm³/mol. The molecule has 1 aromatic heterocycles. The summed E-state index contributed by atoms with van der Waals surface area (Å²) in [4.78, 5) is 0. The van der Waals surface area contributed by atoms with Crippen molar-refractivity contribution in [2.75, 3.05) is 6.61 Å². The van der Waals surface area contributed by atoms with E-state index in [-0.39, 0.29) is 5.75 Å². The molecule has 2 heterocycles. The molecule has 1 fully saturated rings. The Bertz CT molecular complexity index is 1360. The van der Waals surface area contributed by atoms with Crippen molar-refractivity contribution >= 4 is 21.7 Å². The maximum Gasteiger partial charge on any atom is 0.163 e. The van der Waals surface area contributed by atoms with E-state index in [2.05, 4.69) is 12.1 Å². The van der Waals surface area contributed by atoms with Gasteiger partial charge in [0.2, 0.25) is 0 Å². The summed E-state index contributed by atoms with van der Waals surface area (Å²) in [6, 6.07) is 15.5. The highest BCUT2D eigenvalue weighted by Crippen LogP contribution is 2.36. The van der Waals surface area contributed by atoms with Crippen molar-refractivity contribution in [1.29, 1.82) is 0 Å². The quantitative estimate of drug-likeness (QED) is 0.318. The van der Waals surface area contributed by atoms with Crippen molar-refractivity contribution in [3.8, 4) is 5.75 Å². The molecule has 0 radical (unpaired) electrons. The molecule has 0 aliphatic carbocycles. The van der Waals surface area contributed by atoms with E-state index in [1.807, 2.05) is 44.3 Å². The molecule has 0 saturated carbocycles. The number of aliphatic hydroxyl groups excluding tert-OH is 4. The lowest BCUT2D eigenvalue weighted by Crippen LogP contribution is -2.56. The van der Waals surface area contributed by atoms with Gasteiger partial charge in [-0.2, -0.15) is 0 Å². The van der Waals surface area contributed by atoms with Gasteiger partial charge in [0.1, 0.15) is 30.2 Å². The van der Waals surface area contributed by atoms with E-state index in [1.165, 1.54) is 0 Å². The monoisotopic (exact) mass is 463 g/mol. The maximum atomic E-state index is 10.8. The first kappa shape index (κ1) is 22.8. The van der Waals surface area contributed by atoms with Crippen molar-refractivity contribution < 1.29 is 30.3 Å². The number of benzene rings is 3. The third kappa shape index (κ3) is 3.85. The lowest BCUT2D eigenvalue weighted by molar-refractivity contribution is -0.250. The zero-order valence-corrected chi connectivity index (χ0v) is 19.1. The van der Waals surface area contributed by atoms with Crippen molar-refractivity contribution in [2.24, 2.45) is 0 Å². The molecule has 7 heteroatoms. The number of aryl methyl sites for hydroxylation is 2. The Labute approximate surface area is 197 Å². The lowest BCUT2D eigenvalue weighted by Gasteiger charge is -2.40. The van der Waals surface area contributed by atoms with Crippen LogP contribution in [0.4, 0.5) is 0 Å². The molecular weight excluding hydrogens is 434 g/mol. The Morgan fingerprint density at radius 3 is 2.38 bits per heavy atom. The largest absolute Gasteiger partial charge is 0.508 e. The van der Waals surface area contributed by atoms with Crippen LogP contribution in [0.1, 0.15) is 28.5 Å². The highest BCUT2D eigenvalue weighted by molar-refractivity contribution is 5.89. The van der Waals surface area contributed by atoms with Gasteiger partial charge in [-0.05, 0) is 71.5 Å². The minimum atomic E-state index is -1.44. The SMILES string of the molecule is Cc1cc(C)c2c(Cc3ccc4cc(O)ccc4c3)cn([C@@H]3O[C@H](CO)[C@@H](O)[C@H](O)[C@H]3O)c2c1. The molecule has 0 unspecified atom stereocenters. The van der Waals surface area contributed by atoms with Gasteiger partial charge in [-0.1, -0.05) is 30.3 Å². The molecule has 1 saturated heterocycles. The van der Waals surface area contributed by atoms with E-state index >= 15 is 0 Å². The van der Waals surface area contributed by atoms with Crippen molar-refractivity contribution in [1.82, 2.24) is 4.57 Å². The van der Waals surface area contributed by atoms with E-state index in [0.29, 0.717) is 6.42 Å². The van der Waals surface area contributed by atoms with Gasteiger partial charge in [0, 0.05) is 11.6 Å². The van der Waals surface area contributed by atoms with Crippen LogP contribution in [0.5, 0.6) is 5.75 Å². The number of hydrogen-bond acceptors (Lipinski definition) is 6. The van der Waals surface area contributed by atoms with E-state index in [0.717, 1.165) is 43.9 Å². The van der Waals surface area contributed by atoms with Crippen LogP contribution >= 0.6 is 0 Å². The minimum absolute atomic E-state index is 0.230. The van der Waals surface area contributed by atoms with Crippen LogP contribution in [0.2, 0.25) is 0 Å². The fourth-order valence-electron chi connectivity index (χ4n) is 5.14. The molecule has 7 nitrogen and oxygen atoms in total. The molecule has 5 atom stereocenters. The number of phenols is 1. The first-order valence-electron chi connectivity index (χ1n) is 11.4. The zero-order chi connectivity index (χ0) is 24.1. The number of ether oxygens (including phenoxy) is 1. The van der Waals surface area contributed by atoms with E-state index in [4.69, 9.17) is 4.74 Å². The molecule has 0 spiro atoms. The normalized spacial score (nSPS) is 25.3. The number of rotatable bonds is 4. The molecule has 178 valence electrons. The summed E-state index contributed by atoms with van der Waals surface area (Å²) in [6.45, 7) is 3.56. The first-order chi connectivity index (χ1) is 16.3. The summed E-state index contributed by atoms with van der Waals surface area (Å²) < 4.78 is 7.66. The van der Waals surface area contributed by atoms with Crippen molar-refractivity contribution in [3.63, 3.8) is 0 Å². The Hall–Kier alpha value is -2.94. The van der Waals surface area contributed by atoms with Crippen LogP contribution < -0.4 is 0 Å². The van der Waals surface area contributed by atoms with Gasteiger partial charge < -0.3 is 34.8 Å². The third-order valence-electron chi connectivity index (χ3n) is 6.78. The van der Waals surface area contributed by atoms with Crippen LogP contribution in [0.25, 0.3) is 21.7 Å². The Morgan fingerprint density at radius 1 is 0.882 bits per heavy atom. The Morgan fingerprint density at radius 2 is 1.62 bits per heavy atom. The maximum absolute atomic E-state index is 10.8. The molecule has 4 aromatic rings. The van der Waals surface area contributed by atoms with E-state index in [9.17, 15) is 25.5 Å². The van der Waals surface area contributed by atoms with Crippen LogP contribution in [-0.2, 0) is 11.2 Å². The van der Waals surface area contributed by atoms with E-state index < -0.39 is 37.3 Å². The molecule has 34 heavy (non-hydrogen) atoms. The Kier molecular flexibility index (Phi) is 5.83. The van der Waals surface area contributed by atoms with Gasteiger partial charge in [0.05, 0.1) is 12.1 Å². The molecule has 1 aliphatic heterocycles. The van der Waals surface area contributed by atoms with Gasteiger partial charge in [0.25, 0.3) is 0 Å². The van der Waals surface area contributed by atoms with Gasteiger partial charge in [-0.25, -0.2) is 0 Å². The fourth-order valence-corrected chi connectivity index (χ4v) is 5.14. The average Bonchev–Trinajstić information content (AvgIpc) is 3.15. The second-order valence-electron chi connectivity index (χ2n) is 9.30. The number of aromatic hydroxyl groups is 1. The van der Waals surface area contributed by atoms with Crippen LogP contribution in [0, 0.1) is 13.8 Å². The van der Waals surface area contributed by atoms with Gasteiger partial charge in [0.15, 0.2) is 6.23 Å². The van der Waals surface area contributed by atoms with Crippen molar-refractivity contribution in [2.45, 2.75) is 50.9 Å². The fraction of sp³-hybridized carbons (Fsp3) is 0.333. The second kappa shape index (κ2) is 8.69. The standard InChI is InChI=1S/C27H29NO6/c1-14-7-15(2)23-19(10-16-3-4-18-11-20(30)6-5-17(18)9-16)12-28(21(23)8-14)27-26(33)25(32)24(31)22(13-29)34-27/h3-9,11-12,22,24-27,29-33H,10,13H2,1-2H3/t22-,24-,25+,26-,27-/m1/s1. The summed E-state index contributed by atoms with van der Waals surface area (Å²) in [5.41, 5.74) is 5.10. The first-order valence-corrected chi connectivity index (χ1v) is 11.4. The molecular formula is C27H29NO6. The number of aromatic nitrogens is 1. The van der Waals surface area contributed by atoms with Crippen LogP contribution in [0.3, 0.4) is 0 Å². The second-order valence-corrected chi connectivity index (χ2v) is 9.30. The summed E-state index contributed by atoms with van der Waals surface area (Å²) in [6.07, 6.45) is -3.61. The zero-order valence-electron chi connectivity index (χ0n) is 19.1. The summed E-state index contributed by atoms with van der Waals surface area (Å²) in [5.74, 6) is 0.230. The topological polar surface area (TPSA) is 115 Å². The number of fused-ring (bicyclic) bond motifs is 2. The molecule has 5 rings (SSSR count). The van der Waals surface area contributed by atoms with Gasteiger partial charge in [-0.3, -0.25) is 0 Å². The van der Waals surface area contributed by atoms with Crippen LogP contribution in [-0.4, -0.2) is 61.1 Å². The van der Waals surface area contributed by atoms with Gasteiger partial charge in [-0.15, -0.1) is 0 Å². The molecule has 0 bridgehead atoms. The summed E-state index contributed by atoms with van der Waals surface area (Å²) in [5, 5.41) is 53.7. The molecule has 3 aromatic carbocycles. The number of phenolic OH excluding ortho intramolecular Hbond substituents is 1. The highest BCUT2D eigenvalue weighted by Gasteiger charge is 2.44. The minimum Gasteiger partial charge on any atom is -0.508 e. The van der Waals surface area contributed by atoms with Crippen LogP contribution in [0.15, 0.2) is 54.7 Å². The highest BCUT2D eigenvalue weighted by atomic mass is 16.6. The van der Waals surface area contributed by atoms with Crippen molar-refractivity contribution in [3.05, 3.63) is 77.0 Å². The lowest BCUT2D eigenvalue weighted by atomic mass is 9.98. The van der Waals surface area contributed by atoms with Gasteiger partial charge >= 0.3 is 0 Å². The number of nitrogens with zero attached hydrogens (tertiary/aromatic N) is 1. The predicted octanol–water partition coefficient (Wildman–Crippen LogP) is 2.68. The average molecular weight is 464 g/mol.